The third kappa shape index (κ3) is 2.65. The largest absolute Gasteiger partial charge is 0.464 e. The fraction of sp³-hybridized carbons (Fsp3) is 0.500. The van der Waals surface area contributed by atoms with Crippen LogP contribution in [0, 0.1) is 6.92 Å². The highest BCUT2D eigenvalue weighted by atomic mass is 35.5. The minimum Gasteiger partial charge on any atom is -0.464 e. The van der Waals surface area contributed by atoms with E-state index in [1.54, 1.807) is 0 Å². The van der Waals surface area contributed by atoms with Crippen molar-refractivity contribution >= 4 is 12.4 Å². The van der Waals surface area contributed by atoms with E-state index in [-0.39, 0.29) is 18.2 Å². The molecule has 0 saturated heterocycles. The van der Waals surface area contributed by atoms with Crippen molar-refractivity contribution in [2.45, 2.75) is 25.1 Å². The molecule has 0 aliphatic rings. The molecule has 0 unspecified atom stereocenters. The van der Waals surface area contributed by atoms with Gasteiger partial charge < -0.3 is 10.2 Å². The Morgan fingerprint density at radius 1 is 1.19 bits per heavy atom. The fourth-order valence-electron chi connectivity index (χ4n) is 0.976. The van der Waals surface area contributed by atoms with Crippen LogP contribution in [0.1, 0.15) is 17.6 Å². The lowest BCUT2D eigenvalue weighted by atomic mass is 10.1. The van der Waals surface area contributed by atoms with Gasteiger partial charge in [0, 0.05) is 0 Å². The van der Waals surface area contributed by atoms with Gasteiger partial charge in [-0.3, -0.25) is 0 Å². The van der Waals surface area contributed by atoms with Gasteiger partial charge >= 0.3 is 12.1 Å². The molecule has 16 heavy (non-hydrogen) atoms. The van der Waals surface area contributed by atoms with Gasteiger partial charge in [0.25, 0.3) is 0 Å². The quantitative estimate of drug-likeness (QED) is 0.834. The Hall–Kier alpha value is -0.820. The zero-order valence-electron chi connectivity index (χ0n) is 8.02. The summed E-state index contributed by atoms with van der Waals surface area (Å²) in [6.07, 6.45) is -5.69. The SMILES string of the molecule is Cc1ccc([C@H](N)C(F)(F)C(F)(F)F)o1.Cl. The van der Waals surface area contributed by atoms with Gasteiger partial charge in [-0.2, -0.15) is 22.0 Å². The standard InChI is InChI=1S/C8H8F5NO.ClH/c1-4-2-3-5(15-4)6(14)7(9,10)8(11,12)13;/h2-3,6H,14H2,1H3;1H/t6-;/m0./s1. The molecule has 8 heteroatoms. The third-order valence-electron chi connectivity index (χ3n) is 1.84. The second-order valence-electron chi connectivity index (χ2n) is 3.05. The molecule has 0 fully saturated rings. The summed E-state index contributed by atoms with van der Waals surface area (Å²) >= 11 is 0. The van der Waals surface area contributed by atoms with E-state index in [2.05, 4.69) is 4.42 Å². The molecule has 0 bridgehead atoms. The molecular formula is C8H9ClF5NO. The summed E-state index contributed by atoms with van der Waals surface area (Å²) in [5.74, 6) is -5.37. The number of nitrogens with two attached hydrogens (primary N) is 1. The molecule has 1 rings (SSSR count). The Labute approximate surface area is 94.0 Å². The monoisotopic (exact) mass is 265 g/mol. The third-order valence-corrected chi connectivity index (χ3v) is 1.84. The molecule has 0 amide bonds. The molecule has 1 aromatic heterocycles. The number of rotatable bonds is 2. The van der Waals surface area contributed by atoms with Crippen LogP contribution in [0.4, 0.5) is 22.0 Å². The van der Waals surface area contributed by atoms with Crippen molar-refractivity contribution in [3.63, 3.8) is 0 Å². The number of aryl methyl sites for hydroxylation is 1. The maximum atomic E-state index is 12.7. The zero-order chi connectivity index (χ0) is 11.9. The zero-order valence-corrected chi connectivity index (χ0v) is 8.83. The van der Waals surface area contributed by atoms with Crippen molar-refractivity contribution < 1.29 is 26.4 Å². The van der Waals surface area contributed by atoms with Gasteiger partial charge in [0.2, 0.25) is 0 Å². The van der Waals surface area contributed by atoms with Crippen LogP contribution in [0.25, 0.3) is 0 Å². The molecule has 0 aromatic carbocycles. The summed E-state index contributed by atoms with van der Waals surface area (Å²) in [7, 11) is 0. The minimum atomic E-state index is -5.69. The van der Waals surface area contributed by atoms with Crippen molar-refractivity contribution in [3.8, 4) is 0 Å². The highest BCUT2D eigenvalue weighted by Gasteiger charge is 2.62. The maximum absolute atomic E-state index is 12.7. The van der Waals surface area contributed by atoms with Crippen molar-refractivity contribution in [2.24, 2.45) is 5.73 Å². The topological polar surface area (TPSA) is 39.2 Å². The molecule has 0 spiro atoms. The van der Waals surface area contributed by atoms with Gasteiger partial charge in [-0.25, -0.2) is 0 Å². The van der Waals surface area contributed by atoms with Crippen LogP contribution >= 0.6 is 12.4 Å². The summed E-state index contributed by atoms with van der Waals surface area (Å²) in [6.45, 7) is 1.42. The average Bonchev–Trinajstić information content (AvgIpc) is 2.48. The first-order valence-corrected chi connectivity index (χ1v) is 3.92. The summed E-state index contributed by atoms with van der Waals surface area (Å²) in [5, 5.41) is 0. The van der Waals surface area contributed by atoms with Crippen molar-refractivity contribution in [3.05, 3.63) is 23.7 Å². The number of alkyl halides is 5. The Morgan fingerprint density at radius 3 is 2.00 bits per heavy atom. The summed E-state index contributed by atoms with van der Waals surface area (Å²) in [5.41, 5.74) is 4.81. The fourth-order valence-corrected chi connectivity index (χ4v) is 0.976. The molecule has 1 aromatic rings. The molecule has 0 aliphatic carbocycles. The van der Waals surface area contributed by atoms with Crippen LogP contribution in [0.3, 0.4) is 0 Å². The summed E-state index contributed by atoms with van der Waals surface area (Å²) in [4.78, 5) is 0. The van der Waals surface area contributed by atoms with Crippen LogP contribution in [-0.4, -0.2) is 12.1 Å². The van der Waals surface area contributed by atoms with Gasteiger partial charge in [-0.15, -0.1) is 12.4 Å². The van der Waals surface area contributed by atoms with Gasteiger partial charge in [-0.05, 0) is 19.1 Å². The van der Waals surface area contributed by atoms with Gasteiger partial charge in [0.15, 0.2) is 0 Å². The number of furan rings is 1. The molecule has 2 nitrogen and oxygen atoms in total. The van der Waals surface area contributed by atoms with E-state index in [0.29, 0.717) is 0 Å². The molecule has 0 saturated carbocycles. The smallest absolute Gasteiger partial charge is 0.455 e. The normalized spacial score (nSPS) is 14.4. The molecule has 94 valence electrons. The number of halogens is 6. The van der Waals surface area contributed by atoms with Gasteiger partial charge in [-0.1, -0.05) is 0 Å². The Bertz CT molecular complexity index is 348. The highest BCUT2D eigenvalue weighted by molar-refractivity contribution is 5.85. The summed E-state index contributed by atoms with van der Waals surface area (Å²) in [6, 6.07) is -0.257. The first kappa shape index (κ1) is 15.2. The molecule has 1 heterocycles. The lowest BCUT2D eigenvalue weighted by Gasteiger charge is -2.24. The van der Waals surface area contributed by atoms with E-state index in [4.69, 9.17) is 5.73 Å². The second kappa shape index (κ2) is 4.58. The molecular weight excluding hydrogens is 257 g/mol. The van der Waals surface area contributed by atoms with Crippen LogP contribution in [-0.2, 0) is 0 Å². The second-order valence-corrected chi connectivity index (χ2v) is 3.05. The minimum absolute atomic E-state index is 0. The van der Waals surface area contributed by atoms with Crippen LogP contribution in [0.2, 0.25) is 0 Å². The van der Waals surface area contributed by atoms with E-state index in [1.807, 2.05) is 0 Å². The number of hydrogen-bond acceptors (Lipinski definition) is 2. The van der Waals surface area contributed by atoms with Gasteiger partial charge in [0.05, 0.1) is 0 Å². The average molecular weight is 266 g/mol. The van der Waals surface area contributed by atoms with Crippen molar-refractivity contribution in [1.29, 1.82) is 0 Å². The van der Waals surface area contributed by atoms with Crippen LogP contribution < -0.4 is 5.73 Å². The molecule has 1 atom stereocenters. The summed E-state index contributed by atoms with van der Waals surface area (Å²) < 4.78 is 65.8. The maximum Gasteiger partial charge on any atom is 0.455 e. The van der Waals surface area contributed by atoms with E-state index in [1.165, 1.54) is 13.0 Å². The van der Waals surface area contributed by atoms with Crippen LogP contribution in [0.5, 0.6) is 0 Å². The Kier molecular flexibility index (Phi) is 4.35. The predicted octanol–water partition coefficient (Wildman–Crippen LogP) is 3.21. The lowest BCUT2D eigenvalue weighted by molar-refractivity contribution is -0.292. The van der Waals surface area contributed by atoms with E-state index in [0.717, 1.165) is 6.07 Å². The first-order chi connectivity index (χ1) is 6.66. The lowest BCUT2D eigenvalue weighted by Crippen LogP contribution is -2.45. The van der Waals surface area contributed by atoms with Crippen molar-refractivity contribution in [1.82, 2.24) is 0 Å². The number of hydrogen-bond donors (Lipinski definition) is 1. The molecule has 0 aliphatic heterocycles. The van der Waals surface area contributed by atoms with E-state index in [9.17, 15) is 22.0 Å². The van der Waals surface area contributed by atoms with Crippen LogP contribution in [0.15, 0.2) is 16.5 Å². The first-order valence-electron chi connectivity index (χ1n) is 3.92. The molecule has 2 N–H and O–H groups in total. The molecule has 0 radical (unpaired) electrons. The van der Waals surface area contributed by atoms with Gasteiger partial charge in [0.1, 0.15) is 17.6 Å². The Balaban J connectivity index is 0.00000225. The Morgan fingerprint density at radius 2 is 1.69 bits per heavy atom. The highest BCUT2D eigenvalue weighted by Crippen LogP contribution is 2.43. The van der Waals surface area contributed by atoms with Crippen molar-refractivity contribution in [2.75, 3.05) is 0 Å². The van der Waals surface area contributed by atoms with E-state index >= 15 is 0 Å². The van der Waals surface area contributed by atoms with E-state index < -0.39 is 23.9 Å². The predicted molar refractivity (Wildman–Crippen MR) is 48.6 cm³/mol.